The van der Waals surface area contributed by atoms with Crippen LogP contribution in [-0.2, 0) is 6.54 Å². The Morgan fingerprint density at radius 3 is 2.86 bits per heavy atom. The van der Waals surface area contributed by atoms with Gasteiger partial charge in [-0.3, -0.25) is 9.78 Å². The lowest BCUT2D eigenvalue weighted by Gasteiger charge is -2.33. The maximum atomic E-state index is 13.0. The number of methoxy groups -OCH3 is 1. The molecule has 0 spiro atoms. The van der Waals surface area contributed by atoms with Crippen LogP contribution < -0.4 is 4.74 Å². The van der Waals surface area contributed by atoms with E-state index in [1.165, 1.54) is 12.7 Å². The van der Waals surface area contributed by atoms with Gasteiger partial charge in [-0.2, -0.15) is 0 Å². The largest absolute Gasteiger partial charge is 0.480 e. The van der Waals surface area contributed by atoms with Gasteiger partial charge in [-0.05, 0) is 42.7 Å². The Balaban J connectivity index is 1.52. The van der Waals surface area contributed by atoms with E-state index in [4.69, 9.17) is 4.74 Å². The van der Waals surface area contributed by atoms with E-state index in [0.717, 1.165) is 31.8 Å². The highest BCUT2D eigenvalue weighted by Crippen LogP contribution is 2.28. The van der Waals surface area contributed by atoms with Crippen molar-refractivity contribution < 1.29 is 9.53 Å². The number of carbonyl (C=O) groups excluding carboxylic acids is 1. The number of hydrogen-bond donors (Lipinski definition) is 0. The average Bonchev–Trinajstić information content (AvgIpc) is 3.22. The minimum absolute atomic E-state index is 0.0399. The summed E-state index contributed by atoms with van der Waals surface area (Å²) in [6.07, 6.45) is 11.0. The van der Waals surface area contributed by atoms with Crippen molar-refractivity contribution >= 4 is 5.91 Å². The molecule has 1 aliphatic rings. The predicted molar refractivity (Wildman–Crippen MR) is 104 cm³/mol. The number of piperidine rings is 1. The van der Waals surface area contributed by atoms with Crippen molar-refractivity contribution in [3.8, 4) is 5.88 Å². The molecule has 144 valence electrons. The van der Waals surface area contributed by atoms with Gasteiger partial charge in [0.25, 0.3) is 5.91 Å². The summed E-state index contributed by atoms with van der Waals surface area (Å²) in [7, 11) is 1.54. The Bertz CT molecular complexity index is 941. The quantitative estimate of drug-likeness (QED) is 0.684. The Labute approximate surface area is 164 Å². The van der Waals surface area contributed by atoms with Crippen LogP contribution in [0.4, 0.5) is 0 Å². The fourth-order valence-corrected chi connectivity index (χ4v) is 3.76. The van der Waals surface area contributed by atoms with Gasteiger partial charge in [0.2, 0.25) is 5.88 Å². The minimum Gasteiger partial charge on any atom is -0.480 e. The molecule has 0 bridgehead atoms. The summed E-state index contributed by atoms with van der Waals surface area (Å²) in [6, 6.07) is 7.55. The molecule has 28 heavy (non-hydrogen) atoms. The number of imidazole rings is 1. The first-order valence-corrected chi connectivity index (χ1v) is 9.44. The fourth-order valence-electron chi connectivity index (χ4n) is 3.76. The second-order valence-electron chi connectivity index (χ2n) is 6.92. The smallest absolute Gasteiger partial charge is 0.259 e. The number of ether oxygens (including phenoxy) is 1. The minimum atomic E-state index is -0.0399. The number of nitrogens with zero attached hydrogens (tertiary/aromatic N) is 5. The first-order chi connectivity index (χ1) is 13.8. The number of pyridine rings is 2. The van der Waals surface area contributed by atoms with Crippen LogP contribution in [0.1, 0.15) is 40.5 Å². The first-order valence-electron chi connectivity index (χ1n) is 9.44. The molecule has 4 rings (SSSR count). The van der Waals surface area contributed by atoms with E-state index in [-0.39, 0.29) is 11.8 Å². The second-order valence-corrected chi connectivity index (χ2v) is 6.92. The summed E-state index contributed by atoms with van der Waals surface area (Å²) in [5, 5.41) is 0. The van der Waals surface area contributed by atoms with Crippen LogP contribution in [0.25, 0.3) is 0 Å². The third-order valence-corrected chi connectivity index (χ3v) is 5.12. The molecule has 0 aliphatic carbocycles. The summed E-state index contributed by atoms with van der Waals surface area (Å²) >= 11 is 0. The zero-order chi connectivity index (χ0) is 19.3. The molecular weight excluding hydrogens is 354 g/mol. The van der Waals surface area contributed by atoms with E-state index in [1.807, 2.05) is 29.4 Å². The van der Waals surface area contributed by atoms with Crippen molar-refractivity contribution in [3.05, 3.63) is 72.2 Å². The zero-order valence-corrected chi connectivity index (χ0v) is 15.9. The second kappa shape index (κ2) is 8.21. The van der Waals surface area contributed by atoms with E-state index in [1.54, 1.807) is 30.7 Å². The Hall–Kier alpha value is -3.22. The highest BCUT2D eigenvalue weighted by molar-refractivity contribution is 5.96. The fraction of sp³-hybridized carbons (Fsp3) is 0.333. The molecule has 0 aromatic carbocycles. The SMILES string of the molecule is COc1ncccc1C(=O)N1CCC[C@H](c2nccn2Cc2ccncc2)C1. The first kappa shape index (κ1) is 18.2. The van der Waals surface area contributed by atoms with Crippen LogP contribution in [0.2, 0.25) is 0 Å². The van der Waals surface area contributed by atoms with Crippen molar-refractivity contribution in [1.82, 2.24) is 24.4 Å². The van der Waals surface area contributed by atoms with Crippen LogP contribution in [0.15, 0.2) is 55.2 Å². The summed E-state index contributed by atoms with van der Waals surface area (Å²) in [5.74, 6) is 1.56. The molecule has 3 aromatic heterocycles. The lowest BCUT2D eigenvalue weighted by molar-refractivity contribution is 0.0699. The zero-order valence-electron chi connectivity index (χ0n) is 15.9. The third-order valence-electron chi connectivity index (χ3n) is 5.12. The monoisotopic (exact) mass is 377 g/mol. The molecule has 4 heterocycles. The molecule has 1 fully saturated rings. The molecule has 3 aromatic rings. The van der Waals surface area contributed by atoms with Gasteiger partial charge in [0.1, 0.15) is 11.4 Å². The van der Waals surface area contributed by atoms with Gasteiger partial charge >= 0.3 is 0 Å². The van der Waals surface area contributed by atoms with Crippen molar-refractivity contribution in [2.45, 2.75) is 25.3 Å². The summed E-state index contributed by atoms with van der Waals surface area (Å²) in [6.45, 7) is 2.13. The van der Waals surface area contributed by atoms with Gasteiger partial charge in [0.15, 0.2) is 0 Å². The molecule has 7 nitrogen and oxygen atoms in total. The Morgan fingerprint density at radius 1 is 1.18 bits per heavy atom. The van der Waals surface area contributed by atoms with Crippen LogP contribution >= 0.6 is 0 Å². The Morgan fingerprint density at radius 2 is 2.04 bits per heavy atom. The molecule has 0 saturated carbocycles. The lowest BCUT2D eigenvalue weighted by atomic mass is 9.96. The normalized spacial score (nSPS) is 16.8. The molecule has 1 saturated heterocycles. The van der Waals surface area contributed by atoms with E-state index in [9.17, 15) is 4.79 Å². The van der Waals surface area contributed by atoms with Gasteiger partial charge in [-0.15, -0.1) is 0 Å². The molecule has 1 amide bonds. The maximum absolute atomic E-state index is 13.0. The summed E-state index contributed by atoms with van der Waals surface area (Å²) in [4.78, 5) is 27.8. The molecule has 1 atom stereocenters. The highest BCUT2D eigenvalue weighted by atomic mass is 16.5. The van der Waals surface area contributed by atoms with Gasteiger partial charge in [-0.1, -0.05) is 0 Å². The third kappa shape index (κ3) is 3.74. The summed E-state index contributed by atoms with van der Waals surface area (Å²) in [5.41, 5.74) is 1.68. The standard InChI is InChI=1S/C21H23N5O2/c1-28-20-18(5-2-8-24-20)21(27)26-12-3-4-17(15-26)19-23-11-13-25(19)14-16-6-9-22-10-7-16/h2,5-11,13,17H,3-4,12,14-15H2,1H3/t17-/m0/s1. The van der Waals surface area contributed by atoms with E-state index in [0.29, 0.717) is 18.0 Å². The number of aromatic nitrogens is 4. The highest BCUT2D eigenvalue weighted by Gasteiger charge is 2.29. The lowest BCUT2D eigenvalue weighted by Crippen LogP contribution is -2.40. The molecule has 0 unspecified atom stereocenters. The number of likely N-dealkylation sites (tertiary alicyclic amines) is 1. The molecule has 0 radical (unpaired) electrons. The summed E-state index contributed by atoms with van der Waals surface area (Å²) < 4.78 is 7.43. The van der Waals surface area contributed by atoms with E-state index in [2.05, 4.69) is 19.5 Å². The molecule has 7 heteroatoms. The van der Waals surface area contributed by atoms with Gasteiger partial charge in [0, 0.05) is 56.5 Å². The van der Waals surface area contributed by atoms with Crippen LogP contribution in [-0.4, -0.2) is 50.5 Å². The van der Waals surface area contributed by atoms with Crippen LogP contribution in [0.5, 0.6) is 5.88 Å². The van der Waals surface area contributed by atoms with Crippen molar-refractivity contribution in [2.75, 3.05) is 20.2 Å². The topological polar surface area (TPSA) is 73.1 Å². The molecular formula is C21H23N5O2. The van der Waals surface area contributed by atoms with Crippen LogP contribution in [0.3, 0.4) is 0 Å². The van der Waals surface area contributed by atoms with Crippen molar-refractivity contribution in [3.63, 3.8) is 0 Å². The van der Waals surface area contributed by atoms with Gasteiger partial charge < -0.3 is 14.2 Å². The van der Waals surface area contributed by atoms with Crippen molar-refractivity contribution in [1.29, 1.82) is 0 Å². The van der Waals surface area contributed by atoms with Gasteiger partial charge in [0.05, 0.1) is 7.11 Å². The Kier molecular flexibility index (Phi) is 5.32. The van der Waals surface area contributed by atoms with Crippen molar-refractivity contribution in [2.24, 2.45) is 0 Å². The van der Waals surface area contributed by atoms with E-state index < -0.39 is 0 Å². The predicted octanol–water partition coefficient (Wildman–Crippen LogP) is 2.75. The number of hydrogen-bond acceptors (Lipinski definition) is 5. The van der Waals surface area contributed by atoms with Crippen LogP contribution in [0, 0.1) is 0 Å². The van der Waals surface area contributed by atoms with E-state index >= 15 is 0 Å². The maximum Gasteiger partial charge on any atom is 0.259 e. The number of rotatable bonds is 5. The molecule has 0 N–H and O–H groups in total. The number of amides is 1. The number of carbonyl (C=O) groups is 1. The molecule has 1 aliphatic heterocycles. The average molecular weight is 377 g/mol. The van der Waals surface area contributed by atoms with Gasteiger partial charge in [-0.25, -0.2) is 9.97 Å².